The van der Waals surface area contributed by atoms with E-state index in [-0.39, 0.29) is 24.7 Å². The van der Waals surface area contributed by atoms with Crippen LogP contribution in [-0.4, -0.2) is 41.5 Å². The van der Waals surface area contributed by atoms with Crippen molar-refractivity contribution in [2.24, 2.45) is 0 Å². The monoisotopic (exact) mass is 315 g/mol. The topological polar surface area (TPSA) is 75.6 Å². The number of carboxylic acid groups (broad SMARTS) is 1. The van der Waals surface area contributed by atoms with E-state index >= 15 is 0 Å². The van der Waals surface area contributed by atoms with Gasteiger partial charge in [-0.1, -0.05) is 23.7 Å². The van der Waals surface area contributed by atoms with Gasteiger partial charge in [0, 0.05) is 17.9 Å². The van der Waals surface area contributed by atoms with Crippen LogP contribution in [-0.2, 0) is 14.3 Å². The first-order valence-corrected chi connectivity index (χ1v) is 7.39. The second-order valence-corrected chi connectivity index (χ2v) is 5.88. The molecule has 1 saturated heterocycles. The molecule has 0 aromatic heterocycles. The number of rotatable bonds is 5. The summed E-state index contributed by atoms with van der Waals surface area (Å²) in [6, 6.07) is 7.19. The number of nitrogens with one attached hydrogen (secondary N) is 1. The van der Waals surface area contributed by atoms with Crippen molar-refractivity contribution in [3.8, 4) is 0 Å². The molecule has 1 atom stereocenters. The van der Waals surface area contributed by atoms with Crippen LogP contribution in [0, 0.1) is 0 Å². The Bertz CT molecular complexity index is 517. The van der Waals surface area contributed by atoms with Gasteiger partial charge in [0.2, 0.25) is 5.91 Å². The zero-order valence-electron chi connectivity index (χ0n) is 10.6. The number of aliphatic carboxylic acids is 1. The molecular formula is C13H14ClNO4S. The summed E-state index contributed by atoms with van der Waals surface area (Å²) in [4.78, 5) is 24.0. The second kappa shape index (κ2) is 6.47. The van der Waals surface area contributed by atoms with Crippen LogP contribution < -0.4 is 5.32 Å². The van der Waals surface area contributed by atoms with E-state index < -0.39 is 11.5 Å². The molecule has 0 bridgehead atoms. The number of thioether (sulfide) groups is 1. The number of benzene rings is 1. The second-order valence-electron chi connectivity index (χ2n) is 4.46. The maximum atomic E-state index is 11.9. The highest BCUT2D eigenvalue weighted by Gasteiger charge is 2.43. The first-order chi connectivity index (χ1) is 9.53. The molecule has 1 unspecified atom stereocenters. The summed E-state index contributed by atoms with van der Waals surface area (Å²) in [6.45, 7) is 0.342. The van der Waals surface area contributed by atoms with Gasteiger partial charge in [-0.2, -0.15) is 0 Å². The SMILES string of the molecule is O=C(CSc1ccccc1Cl)NC1(C(=O)O)CCOC1. The highest BCUT2D eigenvalue weighted by atomic mass is 35.5. The van der Waals surface area contributed by atoms with Crippen LogP contribution in [0.1, 0.15) is 6.42 Å². The van der Waals surface area contributed by atoms with Crippen molar-refractivity contribution < 1.29 is 19.4 Å². The minimum atomic E-state index is -1.29. The van der Waals surface area contributed by atoms with E-state index in [1.165, 1.54) is 11.8 Å². The molecule has 5 nitrogen and oxygen atoms in total. The molecule has 1 heterocycles. The van der Waals surface area contributed by atoms with Gasteiger partial charge < -0.3 is 15.2 Å². The van der Waals surface area contributed by atoms with Crippen LogP contribution in [0.2, 0.25) is 5.02 Å². The van der Waals surface area contributed by atoms with Gasteiger partial charge in [0.15, 0.2) is 5.54 Å². The fraction of sp³-hybridized carbons (Fsp3) is 0.385. The zero-order valence-corrected chi connectivity index (χ0v) is 12.2. The van der Waals surface area contributed by atoms with E-state index in [2.05, 4.69) is 5.32 Å². The summed E-state index contributed by atoms with van der Waals surface area (Å²) in [7, 11) is 0. The van der Waals surface area contributed by atoms with Gasteiger partial charge in [-0.25, -0.2) is 4.79 Å². The van der Waals surface area contributed by atoms with Gasteiger partial charge in [-0.3, -0.25) is 4.79 Å². The van der Waals surface area contributed by atoms with E-state index in [4.69, 9.17) is 16.3 Å². The molecule has 1 aliphatic rings. The average molecular weight is 316 g/mol. The van der Waals surface area contributed by atoms with Crippen LogP contribution in [0.25, 0.3) is 0 Å². The smallest absolute Gasteiger partial charge is 0.331 e. The average Bonchev–Trinajstić information content (AvgIpc) is 2.88. The van der Waals surface area contributed by atoms with Gasteiger partial charge in [0.1, 0.15) is 0 Å². The highest BCUT2D eigenvalue weighted by Crippen LogP contribution is 2.26. The Kier molecular flexibility index (Phi) is 4.91. The molecule has 20 heavy (non-hydrogen) atoms. The molecule has 0 spiro atoms. The number of carbonyl (C=O) groups is 2. The Labute approximate surface area is 125 Å². The number of hydrogen-bond acceptors (Lipinski definition) is 4. The Hall–Kier alpha value is -1.24. The van der Waals surface area contributed by atoms with Crippen LogP contribution >= 0.6 is 23.4 Å². The molecular weight excluding hydrogens is 302 g/mol. The van der Waals surface area contributed by atoms with Gasteiger partial charge in [-0.15, -0.1) is 11.8 Å². The molecule has 0 radical (unpaired) electrons. The molecule has 1 aliphatic heterocycles. The maximum absolute atomic E-state index is 11.9. The third kappa shape index (κ3) is 3.45. The number of carbonyl (C=O) groups excluding carboxylic acids is 1. The van der Waals surface area contributed by atoms with Crippen molar-refractivity contribution in [3.63, 3.8) is 0 Å². The van der Waals surface area contributed by atoms with Gasteiger partial charge in [-0.05, 0) is 12.1 Å². The zero-order chi connectivity index (χ0) is 14.6. The van der Waals surface area contributed by atoms with Crippen molar-refractivity contribution in [3.05, 3.63) is 29.3 Å². The van der Waals surface area contributed by atoms with Gasteiger partial charge in [0.25, 0.3) is 0 Å². The molecule has 1 amide bonds. The minimum absolute atomic E-state index is 0.00479. The largest absolute Gasteiger partial charge is 0.479 e. The molecule has 2 N–H and O–H groups in total. The fourth-order valence-electron chi connectivity index (χ4n) is 1.89. The van der Waals surface area contributed by atoms with Crippen molar-refractivity contribution in [1.29, 1.82) is 0 Å². The lowest BCUT2D eigenvalue weighted by atomic mass is 9.99. The van der Waals surface area contributed by atoms with Crippen molar-refractivity contribution in [2.45, 2.75) is 16.9 Å². The summed E-state index contributed by atoms with van der Waals surface area (Å²) in [6.07, 6.45) is 0.283. The summed E-state index contributed by atoms with van der Waals surface area (Å²) in [5.41, 5.74) is -1.29. The highest BCUT2D eigenvalue weighted by molar-refractivity contribution is 8.00. The number of hydrogen-bond donors (Lipinski definition) is 2. The standard InChI is InChI=1S/C13H14ClNO4S/c14-9-3-1-2-4-10(9)20-7-11(16)15-13(12(17)18)5-6-19-8-13/h1-4H,5-8H2,(H,15,16)(H,17,18). The predicted octanol–water partition coefficient (Wildman–Crippen LogP) is 1.79. The Balaban J connectivity index is 1.92. The summed E-state index contributed by atoms with van der Waals surface area (Å²) < 4.78 is 5.08. The van der Waals surface area contributed by atoms with Crippen molar-refractivity contribution in [2.75, 3.05) is 19.0 Å². The van der Waals surface area contributed by atoms with E-state index in [1.807, 2.05) is 18.2 Å². The van der Waals surface area contributed by atoms with E-state index in [0.29, 0.717) is 11.6 Å². The quantitative estimate of drug-likeness (QED) is 0.810. The Morgan fingerprint density at radius 3 is 2.80 bits per heavy atom. The Morgan fingerprint density at radius 2 is 2.20 bits per heavy atom. The lowest BCUT2D eigenvalue weighted by Crippen LogP contribution is -2.55. The van der Waals surface area contributed by atoms with Crippen LogP contribution in [0.5, 0.6) is 0 Å². The van der Waals surface area contributed by atoms with Crippen molar-refractivity contribution >= 4 is 35.2 Å². The van der Waals surface area contributed by atoms with Crippen LogP contribution in [0.3, 0.4) is 0 Å². The first kappa shape index (κ1) is 15.2. The molecule has 1 aromatic rings. The normalized spacial score (nSPS) is 21.6. The fourth-order valence-corrected chi connectivity index (χ4v) is 2.93. The maximum Gasteiger partial charge on any atom is 0.331 e. The predicted molar refractivity (Wildman–Crippen MR) is 76.1 cm³/mol. The van der Waals surface area contributed by atoms with Gasteiger partial charge in [0.05, 0.1) is 17.4 Å². The van der Waals surface area contributed by atoms with Crippen LogP contribution in [0.4, 0.5) is 0 Å². The van der Waals surface area contributed by atoms with Crippen LogP contribution in [0.15, 0.2) is 29.2 Å². The third-order valence-electron chi connectivity index (χ3n) is 3.01. The minimum Gasteiger partial charge on any atom is -0.479 e. The summed E-state index contributed by atoms with van der Waals surface area (Å²) >= 11 is 7.26. The van der Waals surface area contributed by atoms with E-state index in [9.17, 15) is 14.7 Å². The lowest BCUT2D eigenvalue weighted by molar-refractivity contribution is -0.147. The number of halogens is 1. The first-order valence-electron chi connectivity index (χ1n) is 6.03. The number of ether oxygens (including phenoxy) is 1. The van der Waals surface area contributed by atoms with E-state index in [0.717, 1.165) is 4.90 Å². The molecule has 2 rings (SSSR count). The molecule has 0 aliphatic carbocycles. The molecule has 7 heteroatoms. The number of carboxylic acids is 1. The molecule has 1 fully saturated rings. The summed E-state index contributed by atoms with van der Waals surface area (Å²) in [5.74, 6) is -1.30. The molecule has 1 aromatic carbocycles. The molecule has 108 valence electrons. The van der Waals surface area contributed by atoms with E-state index in [1.54, 1.807) is 6.07 Å². The third-order valence-corrected chi connectivity index (χ3v) is 4.52. The lowest BCUT2D eigenvalue weighted by Gasteiger charge is -2.23. The van der Waals surface area contributed by atoms with Gasteiger partial charge >= 0.3 is 5.97 Å². The number of amides is 1. The summed E-state index contributed by atoms with van der Waals surface area (Å²) in [5, 5.41) is 12.3. The Morgan fingerprint density at radius 1 is 1.45 bits per heavy atom. The molecule has 0 saturated carbocycles. The van der Waals surface area contributed by atoms with Crippen molar-refractivity contribution in [1.82, 2.24) is 5.32 Å².